The summed E-state index contributed by atoms with van der Waals surface area (Å²) in [7, 11) is 5.19. The van der Waals surface area contributed by atoms with Gasteiger partial charge in [-0.15, -0.1) is 0 Å². The molecule has 0 aliphatic carbocycles. The van der Waals surface area contributed by atoms with Crippen molar-refractivity contribution in [3.63, 3.8) is 0 Å². The monoisotopic (exact) mass is 294 g/mol. The molecule has 5 heteroatoms. The Kier molecular flexibility index (Phi) is 7.02. The highest BCUT2D eigenvalue weighted by atomic mass is 16.5. The van der Waals surface area contributed by atoms with Crippen molar-refractivity contribution >= 4 is 5.91 Å². The summed E-state index contributed by atoms with van der Waals surface area (Å²) in [5.41, 5.74) is 0.568. The van der Waals surface area contributed by atoms with Gasteiger partial charge in [-0.3, -0.25) is 4.79 Å². The molecular weight excluding hydrogens is 268 g/mol. The summed E-state index contributed by atoms with van der Waals surface area (Å²) in [6, 6.07) is 5.67. The fraction of sp³-hybridized carbons (Fsp3) is 0.562. The lowest BCUT2D eigenvalue weighted by Gasteiger charge is -2.23. The van der Waals surface area contributed by atoms with Gasteiger partial charge in [0.15, 0.2) is 11.5 Å². The molecule has 0 heterocycles. The highest BCUT2D eigenvalue weighted by Gasteiger charge is 2.11. The van der Waals surface area contributed by atoms with Crippen LogP contribution in [0.3, 0.4) is 0 Å². The van der Waals surface area contributed by atoms with Gasteiger partial charge in [0.05, 0.1) is 14.2 Å². The number of likely N-dealkylation sites (N-methyl/N-ethyl adjacent to an activating group) is 1. The van der Waals surface area contributed by atoms with E-state index in [0.29, 0.717) is 29.6 Å². The highest BCUT2D eigenvalue weighted by molar-refractivity contribution is 5.94. The molecule has 1 aromatic carbocycles. The molecule has 1 N–H and O–H groups in total. The van der Waals surface area contributed by atoms with Gasteiger partial charge in [-0.2, -0.15) is 0 Å². The van der Waals surface area contributed by atoms with Gasteiger partial charge < -0.3 is 19.7 Å². The van der Waals surface area contributed by atoms with E-state index in [-0.39, 0.29) is 5.91 Å². The second-order valence-electron chi connectivity index (χ2n) is 5.06. The molecule has 0 saturated heterocycles. The van der Waals surface area contributed by atoms with E-state index >= 15 is 0 Å². The lowest BCUT2D eigenvalue weighted by atomic mass is 10.2. The molecule has 1 rings (SSSR count). The minimum Gasteiger partial charge on any atom is -0.493 e. The molecule has 0 spiro atoms. The van der Waals surface area contributed by atoms with E-state index in [4.69, 9.17) is 9.47 Å². The summed E-state index contributed by atoms with van der Waals surface area (Å²) in [6.07, 6.45) is 1.10. The van der Waals surface area contributed by atoms with Crippen molar-refractivity contribution in [1.82, 2.24) is 10.2 Å². The van der Waals surface area contributed by atoms with Crippen LogP contribution in [0.25, 0.3) is 0 Å². The van der Waals surface area contributed by atoms with Crippen molar-refractivity contribution < 1.29 is 14.3 Å². The van der Waals surface area contributed by atoms with Crippen LogP contribution in [0.15, 0.2) is 18.2 Å². The van der Waals surface area contributed by atoms with E-state index < -0.39 is 0 Å². The van der Waals surface area contributed by atoms with Crippen LogP contribution in [0, 0.1) is 0 Å². The Hall–Kier alpha value is -1.75. The van der Waals surface area contributed by atoms with Crippen LogP contribution in [0.2, 0.25) is 0 Å². The quantitative estimate of drug-likeness (QED) is 0.798. The zero-order chi connectivity index (χ0) is 15.8. The van der Waals surface area contributed by atoms with Gasteiger partial charge in [-0.1, -0.05) is 6.92 Å². The van der Waals surface area contributed by atoms with Gasteiger partial charge in [0.1, 0.15) is 0 Å². The van der Waals surface area contributed by atoms with E-state index in [1.165, 1.54) is 0 Å². The SMILES string of the molecule is CC[C@@H](C)N(C)CCNC(=O)c1ccc(OC)c(OC)c1. The minimum absolute atomic E-state index is 0.103. The van der Waals surface area contributed by atoms with Gasteiger partial charge in [-0.05, 0) is 38.6 Å². The van der Waals surface area contributed by atoms with E-state index in [1.807, 2.05) is 0 Å². The Morgan fingerprint density at radius 3 is 2.52 bits per heavy atom. The number of carbonyl (C=O) groups is 1. The first-order valence-electron chi connectivity index (χ1n) is 7.23. The minimum atomic E-state index is -0.103. The average Bonchev–Trinajstić information content (AvgIpc) is 2.52. The van der Waals surface area contributed by atoms with E-state index in [2.05, 4.69) is 31.1 Å². The summed E-state index contributed by atoms with van der Waals surface area (Å²) in [6.45, 7) is 5.78. The number of methoxy groups -OCH3 is 2. The van der Waals surface area contributed by atoms with Crippen LogP contribution in [-0.2, 0) is 0 Å². The summed E-state index contributed by atoms with van der Waals surface area (Å²) in [4.78, 5) is 14.3. The van der Waals surface area contributed by atoms with Gasteiger partial charge >= 0.3 is 0 Å². The largest absolute Gasteiger partial charge is 0.493 e. The van der Waals surface area contributed by atoms with Crippen molar-refractivity contribution in [2.45, 2.75) is 26.3 Å². The molecule has 0 saturated carbocycles. The molecule has 21 heavy (non-hydrogen) atoms. The molecule has 0 fully saturated rings. The number of hydrogen-bond donors (Lipinski definition) is 1. The standard InChI is InChI=1S/C16H26N2O3/c1-6-12(2)18(3)10-9-17-16(19)13-7-8-14(20-4)15(11-13)21-5/h7-8,11-12H,6,9-10H2,1-5H3,(H,17,19)/t12-/m1/s1. The number of benzene rings is 1. The molecule has 0 radical (unpaired) electrons. The Morgan fingerprint density at radius 2 is 1.95 bits per heavy atom. The average molecular weight is 294 g/mol. The Morgan fingerprint density at radius 1 is 1.29 bits per heavy atom. The Labute approximate surface area is 127 Å². The summed E-state index contributed by atoms with van der Waals surface area (Å²) < 4.78 is 10.4. The van der Waals surface area contributed by atoms with Gasteiger partial charge in [0.2, 0.25) is 0 Å². The highest BCUT2D eigenvalue weighted by Crippen LogP contribution is 2.27. The van der Waals surface area contributed by atoms with E-state index in [0.717, 1.165) is 13.0 Å². The zero-order valence-electron chi connectivity index (χ0n) is 13.6. The lowest BCUT2D eigenvalue weighted by Crippen LogP contribution is -2.37. The number of amides is 1. The van der Waals surface area contributed by atoms with Crippen LogP contribution in [0.5, 0.6) is 11.5 Å². The lowest BCUT2D eigenvalue weighted by molar-refractivity contribution is 0.0947. The normalized spacial score (nSPS) is 12.1. The predicted octanol–water partition coefficient (Wildman–Crippen LogP) is 2.16. The first kappa shape index (κ1) is 17.3. The molecule has 1 atom stereocenters. The zero-order valence-corrected chi connectivity index (χ0v) is 13.6. The van der Waals surface area contributed by atoms with E-state index in [1.54, 1.807) is 32.4 Å². The van der Waals surface area contributed by atoms with Crippen molar-refractivity contribution in [2.24, 2.45) is 0 Å². The number of hydrogen-bond acceptors (Lipinski definition) is 4. The molecule has 0 aliphatic heterocycles. The molecule has 118 valence electrons. The number of nitrogens with zero attached hydrogens (tertiary/aromatic N) is 1. The topological polar surface area (TPSA) is 50.8 Å². The van der Waals surface area contributed by atoms with Crippen LogP contribution in [0.4, 0.5) is 0 Å². The first-order valence-corrected chi connectivity index (χ1v) is 7.23. The summed E-state index contributed by atoms with van der Waals surface area (Å²) >= 11 is 0. The van der Waals surface area contributed by atoms with Crippen molar-refractivity contribution in [3.05, 3.63) is 23.8 Å². The molecule has 0 aromatic heterocycles. The number of ether oxygens (including phenoxy) is 2. The second kappa shape index (κ2) is 8.52. The number of nitrogens with one attached hydrogen (secondary N) is 1. The fourth-order valence-electron chi connectivity index (χ4n) is 1.96. The van der Waals surface area contributed by atoms with Crippen LogP contribution in [0.1, 0.15) is 30.6 Å². The number of rotatable bonds is 8. The molecule has 1 amide bonds. The smallest absolute Gasteiger partial charge is 0.251 e. The Bertz CT molecular complexity index is 463. The maximum atomic E-state index is 12.1. The van der Waals surface area contributed by atoms with Crippen LogP contribution >= 0.6 is 0 Å². The number of carbonyl (C=O) groups excluding carboxylic acids is 1. The van der Waals surface area contributed by atoms with Gasteiger partial charge in [0.25, 0.3) is 5.91 Å². The third kappa shape index (κ3) is 4.93. The van der Waals surface area contributed by atoms with Crippen molar-refractivity contribution in [1.29, 1.82) is 0 Å². The molecule has 0 unspecified atom stereocenters. The maximum absolute atomic E-state index is 12.1. The fourth-order valence-corrected chi connectivity index (χ4v) is 1.96. The van der Waals surface area contributed by atoms with Gasteiger partial charge in [-0.25, -0.2) is 0 Å². The van der Waals surface area contributed by atoms with Crippen molar-refractivity contribution in [3.8, 4) is 11.5 Å². The molecule has 0 bridgehead atoms. The third-order valence-corrected chi connectivity index (χ3v) is 3.74. The Balaban J connectivity index is 2.56. The van der Waals surface area contributed by atoms with Crippen LogP contribution < -0.4 is 14.8 Å². The summed E-state index contributed by atoms with van der Waals surface area (Å²) in [5, 5.41) is 2.92. The van der Waals surface area contributed by atoms with Crippen LogP contribution in [-0.4, -0.2) is 51.2 Å². The molecule has 0 aliphatic rings. The van der Waals surface area contributed by atoms with Crippen molar-refractivity contribution in [2.75, 3.05) is 34.4 Å². The van der Waals surface area contributed by atoms with Gasteiger partial charge in [0, 0.05) is 24.7 Å². The van der Waals surface area contributed by atoms with E-state index in [9.17, 15) is 4.79 Å². The second-order valence-corrected chi connectivity index (χ2v) is 5.06. The first-order chi connectivity index (χ1) is 10.0. The molecule has 1 aromatic rings. The maximum Gasteiger partial charge on any atom is 0.251 e. The molecular formula is C16H26N2O3. The predicted molar refractivity (Wildman–Crippen MR) is 84.3 cm³/mol. The molecule has 5 nitrogen and oxygen atoms in total. The third-order valence-electron chi connectivity index (χ3n) is 3.74. The summed E-state index contributed by atoms with van der Waals surface area (Å²) in [5.74, 6) is 1.07.